The van der Waals surface area contributed by atoms with Crippen molar-refractivity contribution in [2.45, 2.75) is 32.9 Å². The number of urea groups is 1. The van der Waals surface area contributed by atoms with Gasteiger partial charge in [-0.1, -0.05) is 19.1 Å². The van der Waals surface area contributed by atoms with Gasteiger partial charge >= 0.3 is 6.03 Å². The van der Waals surface area contributed by atoms with Crippen LogP contribution in [0.4, 0.5) is 4.79 Å². The Balaban J connectivity index is 2.50. The van der Waals surface area contributed by atoms with Gasteiger partial charge in [-0.05, 0) is 31.0 Å². The van der Waals surface area contributed by atoms with Gasteiger partial charge in [0, 0.05) is 13.6 Å². The molecule has 3 N–H and O–H groups in total. The first-order valence-electron chi connectivity index (χ1n) is 6.95. The van der Waals surface area contributed by atoms with E-state index in [2.05, 4.69) is 12.2 Å². The average molecular weight is 293 g/mol. The molecule has 0 aliphatic rings. The van der Waals surface area contributed by atoms with E-state index in [-0.39, 0.29) is 18.6 Å². The van der Waals surface area contributed by atoms with Crippen LogP contribution in [-0.4, -0.2) is 36.5 Å². The molecule has 0 saturated heterocycles. The molecule has 116 valence electrons. The van der Waals surface area contributed by atoms with Gasteiger partial charge in [0.1, 0.15) is 12.3 Å². The number of hydrogen-bond acceptors (Lipinski definition) is 3. The number of carbonyl (C=O) groups is 2. The third-order valence-corrected chi connectivity index (χ3v) is 3.06. The Morgan fingerprint density at radius 1 is 1.43 bits per heavy atom. The van der Waals surface area contributed by atoms with Crippen molar-refractivity contribution in [3.8, 4) is 5.75 Å². The number of nitrogens with two attached hydrogens (primary N) is 1. The third-order valence-electron chi connectivity index (χ3n) is 3.06. The van der Waals surface area contributed by atoms with E-state index in [9.17, 15) is 9.59 Å². The van der Waals surface area contributed by atoms with E-state index >= 15 is 0 Å². The van der Waals surface area contributed by atoms with Crippen LogP contribution in [0.15, 0.2) is 24.3 Å². The summed E-state index contributed by atoms with van der Waals surface area (Å²) in [7, 11) is 1.47. The minimum absolute atomic E-state index is 0.0571. The molecule has 0 heterocycles. The predicted octanol–water partition coefficient (Wildman–Crippen LogP) is 1.49. The number of nitrogens with zero attached hydrogens (tertiary/aromatic N) is 1. The fraction of sp³-hybridized carbons (Fsp3) is 0.467. The smallest absolute Gasteiger partial charge is 0.314 e. The van der Waals surface area contributed by atoms with Crippen LogP contribution in [0, 0.1) is 0 Å². The summed E-state index contributed by atoms with van der Waals surface area (Å²) in [6.45, 7) is 4.39. The summed E-state index contributed by atoms with van der Waals surface area (Å²) in [5.74, 6) is 0.523. The lowest BCUT2D eigenvalue weighted by atomic mass is 10.2. The highest BCUT2D eigenvalue weighted by Gasteiger charge is 2.09. The number of hydrogen-bond donors (Lipinski definition) is 2. The first-order valence-corrected chi connectivity index (χ1v) is 6.95. The lowest BCUT2D eigenvalue weighted by Crippen LogP contribution is -2.40. The van der Waals surface area contributed by atoms with E-state index in [1.165, 1.54) is 7.05 Å². The monoisotopic (exact) mass is 293 g/mol. The summed E-state index contributed by atoms with van der Waals surface area (Å²) in [6, 6.07) is 6.94. The van der Waals surface area contributed by atoms with Gasteiger partial charge in [-0.2, -0.15) is 0 Å². The highest BCUT2D eigenvalue weighted by atomic mass is 16.5. The maximum atomic E-state index is 11.6. The lowest BCUT2D eigenvalue weighted by Gasteiger charge is -2.15. The second-order valence-corrected chi connectivity index (χ2v) is 4.96. The van der Waals surface area contributed by atoms with Gasteiger partial charge < -0.3 is 20.7 Å². The van der Waals surface area contributed by atoms with E-state index in [1.807, 2.05) is 31.2 Å². The number of likely N-dealkylation sites (N-methyl/N-ethyl adjacent to an activating group) is 1. The molecule has 1 rings (SSSR count). The molecule has 0 aliphatic heterocycles. The Morgan fingerprint density at radius 3 is 2.76 bits per heavy atom. The number of rotatable bonds is 7. The normalized spacial score (nSPS) is 11.6. The standard InChI is InChI=1S/C15H23N3O3/c1-4-11(2)21-13-7-5-6-12(8-13)9-17-14(19)10-18(3)15(16)20/h5-8,11H,4,9-10H2,1-3H3,(H2,16,20)(H,17,19)/t11-/m0/s1. The van der Waals surface area contributed by atoms with Crippen molar-refractivity contribution in [1.82, 2.24) is 10.2 Å². The fourth-order valence-corrected chi connectivity index (χ4v) is 1.59. The lowest BCUT2D eigenvalue weighted by molar-refractivity contribution is -0.121. The van der Waals surface area contributed by atoms with Crippen LogP contribution < -0.4 is 15.8 Å². The number of benzene rings is 1. The average Bonchev–Trinajstić information content (AvgIpc) is 2.45. The molecule has 1 aromatic carbocycles. The zero-order valence-corrected chi connectivity index (χ0v) is 12.8. The molecular formula is C15H23N3O3. The summed E-state index contributed by atoms with van der Waals surface area (Å²) in [5.41, 5.74) is 6.00. The Hall–Kier alpha value is -2.24. The highest BCUT2D eigenvalue weighted by molar-refractivity contribution is 5.83. The Labute approximate surface area is 125 Å². The third kappa shape index (κ3) is 6.16. The van der Waals surface area contributed by atoms with E-state index in [4.69, 9.17) is 10.5 Å². The van der Waals surface area contributed by atoms with Gasteiger partial charge in [-0.3, -0.25) is 4.79 Å². The van der Waals surface area contributed by atoms with Gasteiger partial charge in [-0.25, -0.2) is 4.79 Å². The number of nitrogens with one attached hydrogen (secondary N) is 1. The molecule has 0 aliphatic carbocycles. The predicted molar refractivity (Wildman–Crippen MR) is 80.9 cm³/mol. The first-order chi connectivity index (χ1) is 9.92. The molecule has 1 atom stereocenters. The summed E-state index contributed by atoms with van der Waals surface area (Å²) < 4.78 is 5.72. The molecule has 21 heavy (non-hydrogen) atoms. The van der Waals surface area contributed by atoms with E-state index in [0.29, 0.717) is 6.54 Å². The second-order valence-electron chi connectivity index (χ2n) is 4.96. The molecule has 0 bridgehead atoms. The molecule has 0 saturated carbocycles. The zero-order valence-electron chi connectivity index (χ0n) is 12.8. The minimum atomic E-state index is -0.630. The van der Waals surface area contributed by atoms with Crippen molar-refractivity contribution < 1.29 is 14.3 Å². The SMILES string of the molecule is CC[C@H](C)Oc1cccc(CNC(=O)CN(C)C(N)=O)c1. The number of amides is 3. The van der Waals surface area contributed by atoms with Gasteiger partial charge in [0.05, 0.1) is 6.10 Å². The molecule has 6 heteroatoms. The van der Waals surface area contributed by atoms with E-state index in [1.54, 1.807) is 0 Å². The maximum absolute atomic E-state index is 11.6. The Morgan fingerprint density at radius 2 is 2.14 bits per heavy atom. The minimum Gasteiger partial charge on any atom is -0.491 e. The van der Waals surface area contributed by atoms with Gasteiger partial charge in [0.15, 0.2) is 0 Å². The van der Waals surface area contributed by atoms with Gasteiger partial charge in [0.2, 0.25) is 5.91 Å². The quantitative estimate of drug-likeness (QED) is 0.798. The molecule has 0 spiro atoms. The van der Waals surface area contributed by atoms with E-state index < -0.39 is 6.03 Å². The summed E-state index contributed by atoms with van der Waals surface area (Å²) >= 11 is 0. The summed E-state index contributed by atoms with van der Waals surface area (Å²) in [5, 5.41) is 2.74. The van der Waals surface area contributed by atoms with Gasteiger partial charge in [-0.15, -0.1) is 0 Å². The van der Waals surface area contributed by atoms with Crippen LogP contribution >= 0.6 is 0 Å². The van der Waals surface area contributed by atoms with Crippen molar-refractivity contribution in [1.29, 1.82) is 0 Å². The van der Waals surface area contributed by atoms with Crippen molar-refractivity contribution in [2.24, 2.45) is 5.73 Å². The van der Waals surface area contributed by atoms with Gasteiger partial charge in [0.25, 0.3) is 0 Å². The molecule has 0 radical (unpaired) electrons. The molecule has 0 aromatic heterocycles. The van der Waals surface area contributed by atoms with Crippen molar-refractivity contribution in [2.75, 3.05) is 13.6 Å². The van der Waals surface area contributed by atoms with Crippen molar-refractivity contribution in [3.05, 3.63) is 29.8 Å². The molecule has 0 unspecified atom stereocenters. The number of carbonyl (C=O) groups excluding carboxylic acids is 2. The molecule has 3 amide bonds. The largest absolute Gasteiger partial charge is 0.491 e. The van der Waals surface area contributed by atoms with Crippen LogP contribution in [0.2, 0.25) is 0 Å². The fourth-order valence-electron chi connectivity index (χ4n) is 1.59. The van der Waals surface area contributed by atoms with E-state index in [0.717, 1.165) is 22.6 Å². The topological polar surface area (TPSA) is 84.7 Å². The van der Waals surface area contributed by atoms with Crippen LogP contribution in [0.5, 0.6) is 5.75 Å². The maximum Gasteiger partial charge on any atom is 0.314 e. The molecule has 6 nitrogen and oxygen atoms in total. The molecular weight excluding hydrogens is 270 g/mol. The summed E-state index contributed by atoms with van der Waals surface area (Å²) in [4.78, 5) is 23.6. The Kier molecular flexibility index (Phi) is 6.52. The van der Waals surface area contributed by atoms with Crippen LogP contribution in [0.25, 0.3) is 0 Å². The second kappa shape index (κ2) is 8.14. The highest BCUT2D eigenvalue weighted by Crippen LogP contribution is 2.15. The van der Waals surface area contributed by atoms with Crippen LogP contribution in [0.1, 0.15) is 25.8 Å². The first kappa shape index (κ1) is 16.8. The van der Waals surface area contributed by atoms with Crippen molar-refractivity contribution in [3.63, 3.8) is 0 Å². The molecule has 1 aromatic rings. The Bertz CT molecular complexity index is 491. The van der Waals surface area contributed by atoms with Crippen LogP contribution in [0.3, 0.4) is 0 Å². The van der Waals surface area contributed by atoms with Crippen molar-refractivity contribution >= 4 is 11.9 Å². The zero-order chi connectivity index (χ0) is 15.8. The number of primary amides is 1. The molecule has 0 fully saturated rings. The summed E-state index contributed by atoms with van der Waals surface area (Å²) in [6.07, 6.45) is 1.08. The van der Waals surface area contributed by atoms with Crippen LogP contribution in [-0.2, 0) is 11.3 Å². The number of ether oxygens (including phenoxy) is 1.